The van der Waals surface area contributed by atoms with Gasteiger partial charge in [0, 0.05) is 6.92 Å². The van der Waals surface area contributed by atoms with Crippen LogP contribution >= 0.6 is 0 Å². The normalized spacial score (nSPS) is 12.2. The lowest BCUT2D eigenvalue weighted by Crippen LogP contribution is -2.16. The SMILES string of the molecule is C=CCC[C@H](O)COC(C)=O. The van der Waals surface area contributed by atoms with Crippen molar-refractivity contribution in [2.24, 2.45) is 0 Å². The molecule has 0 spiro atoms. The Kier molecular flexibility index (Phi) is 5.47. The predicted octanol–water partition coefficient (Wildman–Crippen LogP) is 0.877. The van der Waals surface area contributed by atoms with E-state index in [1.807, 2.05) is 0 Å². The number of hydrogen-bond donors (Lipinski definition) is 1. The molecule has 1 N–H and O–H groups in total. The molecule has 0 aromatic rings. The molecule has 0 saturated heterocycles. The van der Waals surface area contributed by atoms with E-state index in [0.29, 0.717) is 6.42 Å². The number of allylic oxidation sites excluding steroid dienone is 1. The highest BCUT2D eigenvalue weighted by Gasteiger charge is 2.03. The van der Waals surface area contributed by atoms with Crippen LogP contribution in [0.3, 0.4) is 0 Å². The van der Waals surface area contributed by atoms with Crippen molar-refractivity contribution in [2.75, 3.05) is 6.61 Å². The Bertz CT molecular complexity index is 131. The molecular formula is C8H14O3. The number of esters is 1. The second-order valence-corrected chi connectivity index (χ2v) is 2.32. The lowest BCUT2D eigenvalue weighted by Gasteiger charge is -2.07. The monoisotopic (exact) mass is 158 g/mol. The lowest BCUT2D eigenvalue weighted by atomic mass is 10.2. The third-order valence-corrected chi connectivity index (χ3v) is 1.18. The van der Waals surface area contributed by atoms with Gasteiger partial charge in [-0.1, -0.05) is 6.08 Å². The van der Waals surface area contributed by atoms with Gasteiger partial charge in [0.1, 0.15) is 6.61 Å². The minimum atomic E-state index is -0.558. The van der Waals surface area contributed by atoms with E-state index in [1.165, 1.54) is 6.92 Å². The van der Waals surface area contributed by atoms with Crippen LogP contribution < -0.4 is 0 Å². The molecule has 0 amide bonds. The number of ether oxygens (including phenoxy) is 1. The number of carbonyl (C=O) groups excluding carboxylic acids is 1. The van der Waals surface area contributed by atoms with Gasteiger partial charge in [-0.3, -0.25) is 4.79 Å². The van der Waals surface area contributed by atoms with Crippen molar-refractivity contribution in [1.29, 1.82) is 0 Å². The maximum Gasteiger partial charge on any atom is 0.302 e. The van der Waals surface area contributed by atoms with Gasteiger partial charge < -0.3 is 9.84 Å². The molecule has 0 aliphatic rings. The Morgan fingerprint density at radius 2 is 2.45 bits per heavy atom. The summed E-state index contributed by atoms with van der Waals surface area (Å²) in [5.74, 6) is -0.359. The van der Waals surface area contributed by atoms with Crippen LogP contribution in [0, 0.1) is 0 Å². The first-order chi connectivity index (χ1) is 5.16. The standard InChI is InChI=1S/C8H14O3/c1-3-4-5-8(10)6-11-7(2)9/h3,8,10H,1,4-6H2,2H3/t8-/m0/s1. The highest BCUT2D eigenvalue weighted by molar-refractivity contribution is 5.65. The Balaban J connectivity index is 3.28. The lowest BCUT2D eigenvalue weighted by molar-refractivity contribution is -0.144. The summed E-state index contributed by atoms with van der Waals surface area (Å²) < 4.78 is 4.58. The maximum absolute atomic E-state index is 10.3. The fraction of sp³-hybridized carbons (Fsp3) is 0.625. The zero-order valence-corrected chi connectivity index (χ0v) is 6.75. The van der Waals surface area contributed by atoms with Crippen LogP contribution in [0.2, 0.25) is 0 Å². The molecule has 0 rings (SSSR count). The average molecular weight is 158 g/mol. The molecule has 0 aliphatic carbocycles. The van der Waals surface area contributed by atoms with E-state index < -0.39 is 6.10 Å². The van der Waals surface area contributed by atoms with Crippen molar-refractivity contribution < 1.29 is 14.6 Å². The van der Waals surface area contributed by atoms with E-state index in [0.717, 1.165) is 6.42 Å². The van der Waals surface area contributed by atoms with Gasteiger partial charge in [0.05, 0.1) is 6.10 Å². The Labute approximate surface area is 66.7 Å². The van der Waals surface area contributed by atoms with E-state index in [9.17, 15) is 4.79 Å². The van der Waals surface area contributed by atoms with Gasteiger partial charge in [-0.15, -0.1) is 6.58 Å². The molecule has 0 unspecified atom stereocenters. The molecule has 11 heavy (non-hydrogen) atoms. The van der Waals surface area contributed by atoms with Gasteiger partial charge in [0.25, 0.3) is 0 Å². The van der Waals surface area contributed by atoms with Gasteiger partial charge in [-0.2, -0.15) is 0 Å². The van der Waals surface area contributed by atoms with Gasteiger partial charge >= 0.3 is 5.97 Å². The number of aliphatic hydroxyl groups excluding tert-OH is 1. The summed E-state index contributed by atoms with van der Waals surface area (Å²) in [6.07, 6.45) is 2.49. The van der Waals surface area contributed by atoms with Crippen molar-refractivity contribution in [3.8, 4) is 0 Å². The maximum atomic E-state index is 10.3. The van der Waals surface area contributed by atoms with Crippen LogP contribution in [0.5, 0.6) is 0 Å². The highest BCUT2D eigenvalue weighted by atomic mass is 16.5. The summed E-state index contributed by atoms with van der Waals surface area (Å²) in [6.45, 7) is 4.92. The van der Waals surface area contributed by atoms with Crippen molar-refractivity contribution in [2.45, 2.75) is 25.9 Å². The molecule has 0 aromatic carbocycles. The second kappa shape index (κ2) is 5.92. The summed E-state index contributed by atoms with van der Waals surface area (Å²) in [5, 5.41) is 9.10. The average Bonchev–Trinajstić information content (AvgIpc) is 1.97. The Morgan fingerprint density at radius 1 is 1.82 bits per heavy atom. The van der Waals surface area contributed by atoms with E-state index in [4.69, 9.17) is 5.11 Å². The smallest absolute Gasteiger partial charge is 0.302 e. The van der Waals surface area contributed by atoms with Crippen molar-refractivity contribution in [3.63, 3.8) is 0 Å². The zero-order chi connectivity index (χ0) is 8.69. The second-order valence-electron chi connectivity index (χ2n) is 2.32. The first-order valence-electron chi connectivity index (χ1n) is 3.59. The van der Waals surface area contributed by atoms with Crippen LogP contribution in [0.1, 0.15) is 19.8 Å². The molecule has 0 saturated carbocycles. The quantitative estimate of drug-likeness (QED) is 0.477. The minimum absolute atomic E-state index is 0.0865. The van der Waals surface area contributed by atoms with Gasteiger partial charge in [0.2, 0.25) is 0 Å². The zero-order valence-electron chi connectivity index (χ0n) is 6.75. The number of aliphatic hydroxyl groups is 1. The summed E-state index contributed by atoms with van der Waals surface area (Å²) >= 11 is 0. The van der Waals surface area contributed by atoms with Crippen LogP contribution in [-0.2, 0) is 9.53 Å². The summed E-state index contributed by atoms with van der Waals surface area (Å²) in [4.78, 5) is 10.3. The van der Waals surface area contributed by atoms with E-state index >= 15 is 0 Å². The molecule has 0 heterocycles. The third-order valence-electron chi connectivity index (χ3n) is 1.18. The first kappa shape index (κ1) is 10.2. The summed E-state index contributed by atoms with van der Waals surface area (Å²) in [7, 11) is 0. The molecule has 3 nitrogen and oxygen atoms in total. The summed E-state index contributed by atoms with van der Waals surface area (Å²) in [5.41, 5.74) is 0. The number of hydrogen-bond acceptors (Lipinski definition) is 3. The molecule has 64 valence electrons. The van der Waals surface area contributed by atoms with Crippen molar-refractivity contribution in [3.05, 3.63) is 12.7 Å². The highest BCUT2D eigenvalue weighted by Crippen LogP contribution is 1.97. The molecule has 0 bridgehead atoms. The summed E-state index contributed by atoms with van der Waals surface area (Å²) in [6, 6.07) is 0. The largest absolute Gasteiger partial charge is 0.463 e. The van der Waals surface area contributed by atoms with Crippen molar-refractivity contribution >= 4 is 5.97 Å². The van der Waals surface area contributed by atoms with Crippen LogP contribution in [0.15, 0.2) is 12.7 Å². The van der Waals surface area contributed by atoms with Gasteiger partial charge in [-0.05, 0) is 12.8 Å². The molecule has 1 atom stereocenters. The van der Waals surface area contributed by atoms with Crippen LogP contribution in [0.25, 0.3) is 0 Å². The molecule has 3 heteroatoms. The van der Waals surface area contributed by atoms with Gasteiger partial charge in [0.15, 0.2) is 0 Å². The minimum Gasteiger partial charge on any atom is -0.463 e. The van der Waals surface area contributed by atoms with E-state index in [1.54, 1.807) is 6.08 Å². The Morgan fingerprint density at radius 3 is 2.91 bits per heavy atom. The fourth-order valence-corrected chi connectivity index (χ4v) is 0.607. The van der Waals surface area contributed by atoms with Crippen LogP contribution in [0.4, 0.5) is 0 Å². The van der Waals surface area contributed by atoms with Gasteiger partial charge in [-0.25, -0.2) is 0 Å². The Hall–Kier alpha value is -0.830. The first-order valence-corrected chi connectivity index (χ1v) is 3.59. The molecular weight excluding hydrogens is 144 g/mol. The molecule has 0 radical (unpaired) electrons. The number of rotatable bonds is 5. The third kappa shape index (κ3) is 7.06. The topological polar surface area (TPSA) is 46.5 Å². The van der Waals surface area contributed by atoms with E-state index in [2.05, 4.69) is 11.3 Å². The number of carbonyl (C=O) groups is 1. The van der Waals surface area contributed by atoms with E-state index in [-0.39, 0.29) is 12.6 Å². The molecule has 0 aliphatic heterocycles. The van der Waals surface area contributed by atoms with Crippen molar-refractivity contribution in [1.82, 2.24) is 0 Å². The predicted molar refractivity (Wildman–Crippen MR) is 42.1 cm³/mol. The van der Waals surface area contributed by atoms with Crippen LogP contribution in [-0.4, -0.2) is 23.8 Å². The molecule has 0 fully saturated rings. The fourth-order valence-electron chi connectivity index (χ4n) is 0.607. The molecule has 0 aromatic heterocycles.